The molecule has 0 spiro atoms. The van der Waals surface area contributed by atoms with Crippen LogP contribution in [-0.4, -0.2) is 11.5 Å². The molecule has 1 aliphatic carbocycles. The SMILES string of the molecule is CC1(C)C(CNc2ccncc2N)C1(C)C. The van der Waals surface area contributed by atoms with Crippen molar-refractivity contribution in [3.63, 3.8) is 0 Å². The summed E-state index contributed by atoms with van der Waals surface area (Å²) >= 11 is 0. The smallest absolute Gasteiger partial charge is 0.0736 e. The van der Waals surface area contributed by atoms with Crippen molar-refractivity contribution in [1.29, 1.82) is 0 Å². The van der Waals surface area contributed by atoms with Gasteiger partial charge >= 0.3 is 0 Å². The zero-order chi connectivity index (χ0) is 12.0. The number of anilines is 2. The molecule has 3 N–H and O–H groups in total. The van der Waals surface area contributed by atoms with Gasteiger partial charge in [-0.2, -0.15) is 0 Å². The Bertz CT molecular complexity index is 382. The minimum absolute atomic E-state index is 0.418. The van der Waals surface area contributed by atoms with Gasteiger partial charge in [0.1, 0.15) is 0 Å². The maximum absolute atomic E-state index is 5.84. The van der Waals surface area contributed by atoms with Crippen molar-refractivity contribution in [2.75, 3.05) is 17.6 Å². The van der Waals surface area contributed by atoms with Gasteiger partial charge in [0.15, 0.2) is 0 Å². The van der Waals surface area contributed by atoms with Gasteiger partial charge in [0.2, 0.25) is 0 Å². The van der Waals surface area contributed by atoms with Gasteiger partial charge in [0.05, 0.1) is 17.6 Å². The minimum atomic E-state index is 0.418. The molecule has 0 aromatic carbocycles. The molecule has 2 rings (SSSR count). The number of nitrogens with one attached hydrogen (secondary N) is 1. The molecule has 0 unspecified atom stereocenters. The second kappa shape index (κ2) is 3.37. The molecule has 0 aliphatic heterocycles. The third-order valence-corrected chi connectivity index (χ3v) is 4.67. The summed E-state index contributed by atoms with van der Waals surface area (Å²) in [6.07, 6.45) is 3.45. The highest BCUT2D eigenvalue weighted by Gasteiger charge is 2.63. The standard InChI is InChI=1S/C13H21N3/c1-12(2)11(13(12,3)4)8-16-10-5-6-15-7-9(10)14/h5-7,11H,8,14H2,1-4H3,(H,15,16). The van der Waals surface area contributed by atoms with Gasteiger partial charge in [-0.1, -0.05) is 27.7 Å². The lowest BCUT2D eigenvalue weighted by atomic mass is 10.0. The first-order valence-electron chi connectivity index (χ1n) is 5.80. The fourth-order valence-electron chi connectivity index (χ4n) is 2.62. The van der Waals surface area contributed by atoms with Crippen LogP contribution in [0.2, 0.25) is 0 Å². The average Bonchev–Trinajstić information content (AvgIpc) is 2.58. The molecule has 0 radical (unpaired) electrons. The summed E-state index contributed by atoms with van der Waals surface area (Å²) in [5, 5.41) is 3.42. The van der Waals surface area contributed by atoms with E-state index in [9.17, 15) is 0 Å². The fourth-order valence-corrected chi connectivity index (χ4v) is 2.62. The Morgan fingerprint density at radius 1 is 1.31 bits per heavy atom. The predicted octanol–water partition coefficient (Wildman–Crippen LogP) is 2.76. The minimum Gasteiger partial charge on any atom is -0.396 e. The molecular weight excluding hydrogens is 198 g/mol. The van der Waals surface area contributed by atoms with Crippen LogP contribution in [0.4, 0.5) is 11.4 Å². The van der Waals surface area contributed by atoms with Crippen molar-refractivity contribution in [3.8, 4) is 0 Å². The van der Waals surface area contributed by atoms with Gasteiger partial charge < -0.3 is 11.1 Å². The predicted molar refractivity (Wildman–Crippen MR) is 68.2 cm³/mol. The summed E-state index contributed by atoms with van der Waals surface area (Å²) in [5.41, 5.74) is 8.39. The molecule has 1 saturated carbocycles. The topological polar surface area (TPSA) is 50.9 Å². The number of hydrogen-bond acceptors (Lipinski definition) is 3. The highest BCUT2D eigenvalue weighted by Crippen LogP contribution is 2.68. The van der Waals surface area contributed by atoms with Gasteiger partial charge in [-0.25, -0.2) is 0 Å². The highest BCUT2D eigenvalue weighted by atomic mass is 14.9. The highest BCUT2D eigenvalue weighted by molar-refractivity contribution is 5.64. The molecule has 3 heteroatoms. The largest absolute Gasteiger partial charge is 0.396 e. The van der Waals surface area contributed by atoms with E-state index >= 15 is 0 Å². The zero-order valence-corrected chi connectivity index (χ0v) is 10.5. The number of pyridine rings is 1. The Balaban J connectivity index is 1.98. The molecule has 0 amide bonds. The normalized spacial score (nSPS) is 21.8. The summed E-state index contributed by atoms with van der Waals surface area (Å²) in [6.45, 7) is 10.3. The molecule has 1 aromatic heterocycles. The third kappa shape index (κ3) is 1.55. The van der Waals surface area contributed by atoms with E-state index in [1.54, 1.807) is 12.4 Å². The molecule has 1 aromatic rings. The van der Waals surface area contributed by atoms with Crippen molar-refractivity contribution in [1.82, 2.24) is 4.98 Å². The molecule has 1 fully saturated rings. The molecule has 88 valence electrons. The molecule has 3 nitrogen and oxygen atoms in total. The number of nitrogens with two attached hydrogens (primary N) is 1. The van der Waals surface area contributed by atoms with Crippen LogP contribution >= 0.6 is 0 Å². The van der Waals surface area contributed by atoms with Crippen LogP contribution in [0, 0.1) is 16.7 Å². The second-order valence-corrected chi connectivity index (χ2v) is 5.84. The maximum atomic E-state index is 5.84. The van der Waals surface area contributed by atoms with E-state index in [0.717, 1.165) is 17.9 Å². The monoisotopic (exact) mass is 219 g/mol. The van der Waals surface area contributed by atoms with Gasteiger partial charge in [-0.3, -0.25) is 4.98 Å². The molecule has 0 atom stereocenters. The number of nitrogen functional groups attached to an aromatic ring is 1. The Morgan fingerprint density at radius 2 is 1.94 bits per heavy atom. The maximum Gasteiger partial charge on any atom is 0.0736 e. The lowest BCUT2D eigenvalue weighted by molar-refractivity contribution is 0.457. The van der Waals surface area contributed by atoms with E-state index in [-0.39, 0.29) is 0 Å². The van der Waals surface area contributed by atoms with E-state index in [1.165, 1.54) is 0 Å². The fraction of sp³-hybridized carbons (Fsp3) is 0.615. The summed E-state index contributed by atoms with van der Waals surface area (Å²) in [7, 11) is 0. The van der Waals surface area contributed by atoms with Crippen molar-refractivity contribution < 1.29 is 0 Å². The molecule has 1 heterocycles. The van der Waals surface area contributed by atoms with Gasteiger partial charge in [-0.05, 0) is 22.8 Å². The summed E-state index contributed by atoms with van der Waals surface area (Å²) < 4.78 is 0. The first-order valence-corrected chi connectivity index (χ1v) is 5.80. The van der Waals surface area contributed by atoms with Crippen molar-refractivity contribution >= 4 is 11.4 Å². The van der Waals surface area contributed by atoms with Crippen LogP contribution in [0.25, 0.3) is 0 Å². The van der Waals surface area contributed by atoms with Crippen molar-refractivity contribution in [3.05, 3.63) is 18.5 Å². The van der Waals surface area contributed by atoms with Crippen molar-refractivity contribution in [2.45, 2.75) is 27.7 Å². The van der Waals surface area contributed by atoms with Crippen molar-refractivity contribution in [2.24, 2.45) is 16.7 Å². The lowest BCUT2D eigenvalue weighted by Crippen LogP contribution is -2.09. The Hall–Kier alpha value is -1.25. The lowest BCUT2D eigenvalue weighted by Gasteiger charge is -2.09. The summed E-state index contributed by atoms with van der Waals surface area (Å²) in [4.78, 5) is 3.98. The molecule has 16 heavy (non-hydrogen) atoms. The van der Waals surface area contributed by atoms with Gasteiger partial charge in [0.25, 0.3) is 0 Å². The zero-order valence-electron chi connectivity index (χ0n) is 10.5. The average molecular weight is 219 g/mol. The Labute approximate surface area is 97.5 Å². The number of nitrogens with zero attached hydrogens (tertiary/aromatic N) is 1. The van der Waals surface area contributed by atoms with Crippen LogP contribution in [0.15, 0.2) is 18.5 Å². The number of rotatable bonds is 3. The number of hydrogen-bond donors (Lipinski definition) is 2. The number of aromatic nitrogens is 1. The van der Waals surface area contributed by atoms with E-state index in [0.29, 0.717) is 16.7 Å². The van der Waals surface area contributed by atoms with Crippen LogP contribution in [0.5, 0.6) is 0 Å². The van der Waals surface area contributed by atoms with Crippen LogP contribution in [-0.2, 0) is 0 Å². The van der Waals surface area contributed by atoms with Gasteiger partial charge in [0, 0.05) is 12.7 Å². The Kier molecular flexibility index (Phi) is 2.37. The van der Waals surface area contributed by atoms with Gasteiger partial charge in [-0.15, -0.1) is 0 Å². The quantitative estimate of drug-likeness (QED) is 0.822. The van der Waals surface area contributed by atoms with Crippen LogP contribution in [0.1, 0.15) is 27.7 Å². The van der Waals surface area contributed by atoms with E-state index in [2.05, 4.69) is 38.0 Å². The first-order chi connectivity index (χ1) is 7.37. The van der Waals surface area contributed by atoms with Crippen LogP contribution < -0.4 is 11.1 Å². The second-order valence-electron chi connectivity index (χ2n) is 5.84. The van der Waals surface area contributed by atoms with E-state index in [1.807, 2.05) is 6.07 Å². The molecular formula is C13H21N3. The molecule has 0 bridgehead atoms. The Morgan fingerprint density at radius 3 is 2.44 bits per heavy atom. The summed E-state index contributed by atoms with van der Waals surface area (Å²) in [5.74, 6) is 0.701. The molecule has 1 aliphatic rings. The third-order valence-electron chi connectivity index (χ3n) is 4.67. The van der Waals surface area contributed by atoms with E-state index < -0.39 is 0 Å². The van der Waals surface area contributed by atoms with E-state index in [4.69, 9.17) is 5.73 Å². The first kappa shape index (κ1) is 11.2. The summed E-state index contributed by atoms with van der Waals surface area (Å²) in [6, 6.07) is 1.93. The molecule has 0 saturated heterocycles. The van der Waals surface area contributed by atoms with Crippen LogP contribution in [0.3, 0.4) is 0 Å².